The van der Waals surface area contributed by atoms with Gasteiger partial charge in [0.1, 0.15) is 13.2 Å². The summed E-state index contributed by atoms with van der Waals surface area (Å²) in [4.78, 5) is 2.15. The number of fused-ring (bicyclic) bond motifs is 1. The van der Waals surface area contributed by atoms with E-state index in [-0.39, 0.29) is 4.90 Å². The van der Waals surface area contributed by atoms with Crippen LogP contribution in [0.25, 0.3) is 0 Å². The minimum absolute atomic E-state index is 0.237. The molecule has 0 spiro atoms. The molecule has 112 valence electrons. The predicted octanol–water partition coefficient (Wildman–Crippen LogP) is 0.606. The van der Waals surface area contributed by atoms with Gasteiger partial charge in [-0.05, 0) is 32.6 Å². The lowest BCUT2D eigenvalue weighted by atomic mass is 10.2. The zero-order valence-electron chi connectivity index (χ0n) is 12.0. The molecule has 0 saturated carbocycles. The average Bonchev–Trinajstić information content (AvgIpc) is 2.37. The van der Waals surface area contributed by atoms with E-state index < -0.39 is 10.0 Å². The van der Waals surface area contributed by atoms with E-state index in [0.717, 1.165) is 0 Å². The number of ether oxygens (including phenoxy) is 2. The van der Waals surface area contributed by atoms with Gasteiger partial charge in [-0.15, -0.1) is 0 Å². The first-order valence-electron chi connectivity index (χ1n) is 6.45. The van der Waals surface area contributed by atoms with E-state index >= 15 is 0 Å². The first kappa shape index (κ1) is 15.1. The zero-order valence-corrected chi connectivity index (χ0v) is 12.8. The third-order valence-corrected chi connectivity index (χ3v) is 4.58. The van der Waals surface area contributed by atoms with Crippen LogP contribution in [-0.4, -0.2) is 53.7 Å². The summed E-state index contributed by atoms with van der Waals surface area (Å²) in [5.74, 6) is 1.08. The number of sulfonamides is 1. The molecule has 1 aromatic rings. The first-order valence-corrected chi connectivity index (χ1v) is 7.93. The molecule has 0 aliphatic carbocycles. The lowest BCUT2D eigenvalue weighted by Crippen LogP contribution is -2.31. The number of nitrogens with zero attached hydrogens (tertiary/aromatic N) is 1. The van der Waals surface area contributed by atoms with Crippen LogP contribution in [0.2, 0.25) is 0 Å². The molecule has 1 aliphatic heterocycles. The Hall–Kier alpha value is -1.31. The average molecular weight is 300 g/mol. The molecule has 0 aromatic heterocycles. The van der Waals surface area contributed by atoms with Crippen LogP contribution in [0.5, 0.6) is 11.5 Å². The Labute approximate surface area is 119 Å². The molecule has 0 atom stereocenters. The lowest BCUT2D eigenvalue weighted by Gasteiger charge is -2.20. The normalized spacial score (nSPS) is 14.6. The van der Waals surface area contributed by atoms with Crippen molar-refractivity contribution >= 4 is 10.0 Å². The fourth-order valence-electron chi connectivity index (χ4n) is 1.94. The minimum Gasteiger partial charge on any atom is -0.486 e. The van der Waals surface area contributed by atoms with Gasteiger partial charge in [-0.3, -0.25) is 0 Å². The zero-order chi connectivity index (χ0) is 14.8. The molecule has 1 aromatic carbocycles. The van der Waals surface area contributed by atoms with E-state index in [0.29, 0.717) is 43.4 Å². The summed E-state index contributed by atoms with van der Waals surface area (Å²) >= 11 is 0. The number of rotatable bonds is 5. The van der Waals surface area contributed by atoms with Crippen LogP contribution in [0, 0.1) is 6.92 Å². The molecule has 0 radical (unpaired) electrons. The van der Waals surface area contributed by atoms with Gasteiger partial charge in [0.15, 0.2) is 11.5 Å². The Kier molecular flexibility index (Phi) is 4.52. The maximum Gasteiger partial charge on any atom is 0.241 e. The monoisotopic (exact) mass is 300 g/mol. The van der Waals surface area contributed by atoms with Gasteiger partial charge >= 0.3 is 0 Å². The second-order valence-electron chi connectivity index (χ2n) is 4.96. The molecule has 20 heavy (non-hydrogen) atoms. The Balaban J connectivity index is 2.22. The molecular formula is C13H20N2O4S. The van der Waals surface area contributed by atoms with Gasteiger partial charge in [-0.2, -0.15) is 0 Å². The highest BCUT2D eigenvalue weighted by molar-refractivity contribution is 7.89. The van der Waals surface area contributed by atoms with Crippen molar-refractivity contribution < 1.29 is 17.9 Å². The second-order valence-corrected chi connectivity index (χ2v) is 6.70. The van der Waals surface area contributed by atoms with E-state index in [9.17, 15) is 8.42 Å². The fraction of sp³-hybridized carbons (Fsp3) is 0.538. The summed E-state index contributed by atoms with van der Waals surface area (Å²) in [5.41, 5.74) is 0.645. The van der Waals surface area contributed by atoms with Crippen LogP contribution in [0.3, 0.4) is 0 Å². The Morgan fingerprint density at radius 1 is 1.20 bits per heavy atom. The van der Waals surface area contributed by atoms with Gasteiger partial charge in [0.25, 0.3) is 0 Å². The SMILES string of the molecule is Cc1cc2c(cc1S(=O)(=O)NCCN(C)C)OCCO2. The van der Waals surface area contributed by atoms with Gasteiger partial charge in [0.2, 0.25) is 10.0 Å². The Bertz CT molecular complexity index is 584. The quantitative estimate of drug-likeness (QED) is 0.863. The maximum atomic E-state index is 12.3. The van der Waals surface area contributed by atoms with Gasteiger partial charge in [-0.1, -0.05) is 0 Å². The fourth-order valence-corrected chi connectivity index (χ4v) is 3.20. The smallest absolute Gasteiger partial charge is 0.241 e. The summed E-state index contributed by atoms with van der Waals surface area (Å²) in [7, 11) is 0.253. The highest BCUT2D eigenvalue weighted by Crippen LogP contribution is 2.34. The molecular weight excluding hydrogens is 280 g/mol. The van der Waals surface area contributed by atoms with Crippen LogP contribution in [0.1, 0.15) is 5.56 Å². The Morgan fingerprint density at radius 3 is 2.40 bits per heavy atom. The van der Waals surface area contributed by atoms with Crippen molar-refractivity contribution in [3.8, 4) is 11.5 Å². The van der Waals surface area contributed by atoms with E-state index in [1.165, 1.54) is 6.07 Å². The van der Waals surface area contributed by atoms with Gasteiger partial charge < -0.3 is 14.4 Å². The summed E-state index contributed by atoms with van der Waals surface area (Å²) in [6.07, 6.45) is 0. The molecule has 1 aliphatic rings. The maximum absolute atomic E-state index is 12.3. The summed E-state index contributed by atoms with van der Waals surface area (Å²) in [6.45, 7) is 3.67. The number of aryl methyl sites for hydroxylation is 1. The van der Waals surface area contributed by atoms with Crippen molar-refractivity contribution in [2.24, 2.45) is 0 Å². The van der Waals surface area contributed by atoms with E-state index in [1.54, 1.807) is 13.0 Å². The minimum atomic E-state index is -3.53. The van der Waals surface area contributed by atoms with Crippen LogP contribution >= 0.6 is 0 Å². The molecule has 0 unspecified atom stereocenters. The van der Waals surface area contributed by atoms with Crippen molar-refractivity contribution in [3.63, 3.8) is 0 Å². The van der Waals surface area contributed by atoms with Crippen LogP contribution in [0.15, 0.2) is 17.0 Å². The molecule has 0 bridgehead atoms. The van der Waals surface area contributed by atoms with Crippen molar-refractivity contribution in [2.45, 2.75) is 11.8 Å². The van der Waals surface area contributed by atoms with Gasteiger partial charge in [0.05, 0.1) is 4.90 Å². The van der Waals surface area contributed by atoms with Crippen molar-refractivity contribution in [1.82, 2.24) is 9.62 Å². The van der Waals surface area contributed by atoms with Gasteiger partial charge in [-0.25, -0.2) is 13.1 Å². The van der Waals surface area contributed by atoms with Gasteiger partial charge in [0, 0.05) is 19.2 Å². The highest BCUT2D eigenvalue weighted by Gasteiger charge is 2.21. The summed E-state index contributed by atoms with van der Waals surface area (Å²) in [5, 5.41) is 0. The molecule has 0 fully saturated rings. The highest BCUT2D eigenvalue weighted by atomic mass is 32.2. The van der Waals surface area contributed by atoms with Crippen LogP contribution < -0.4 is 14.2 Å². The van der Waals surface area contributed by atoms with E-state index in [4.69, 9.17) is 9.47 Å². The summed E-state index contributed by atoms with van der Waals surface area (Å²) in [6, 6.07) is 3.23. The number of benzene rings is 1. The molecule has 1 heterocycles. The van der Waals surface area contributed by atoms with E-state index in [2.05, 4.69) is 4.72 Å². The van der Waals surface area contributed by atoms with Crippen molar-refractivity contribution in [2.75, 3.05) is 40.4 Å². The van der Waals surface area contributed by atoms with Crippen LogP contribution in [0.4, 0.5) is 0 Å². The standard InChI is InChI=1S/C13H20N2O4S/c1-10-8-11-12(19-7-6-18-11)9-13(10)20(16,17)14-4-5-15(2)3/h8-9,14H,4-7H2,1-3H3. The van der Waals surface area contributed by atoms with E-state index in [1.807, 2.05) is 19.0 Å². The molecule has 1 N–H and O–H groups in total. The topological polar surface area (TPSA) is 67.9 Å². The first-order chi connectivity index (χ1) is 9.40. The molecule has 0 saturated heterocycles. The number of hydrogen-bond donors (Lipinski definition) is 1. The summed E-state index contributed by atoms with van der Waals surface area (Å²) < 4.78 is 38.0. The molecule has 7 heteroatoms. The Morgan fingerprint density at radius 2 is 1.80 bits per heavy atom. The number of hydrogen-bond acceptors (Lipinski definition) is 5. The lowest BCUT2D eigenvalue weighted by molar-refractivity contribution is 0.171. The van der Waals surface area contributed by atoms with Crippen LogP contribution in [-0.2, 0) is 10.0 Å². The van der Waals surface area contributed by atoms with Crippen molar-refractivity contribution in [1.29, 1.82) is 0 Å². The largest absolute Gasteiger partial charge is 0.486 e. The molecule has 6 nitrogen and oxygen atoms in total. The molecule has 2 rings (SSSR count). The number of nitrogens with one attached hydrogen (secondary N) is 1. The number of likely N-dealkylation sites (N-methyl/N-ethyl adjacent to an activating group) is 1. The second kappa shape index (κ2) is 5.99. The third kappa shape index (κ3) is 3.41. The predicted molar refractivity (Wildman–Crippen MR) is 75.9 cm³/mol. The van der Waals surface area contributed by atoms with Crippen molar-refractivity contribution in [3.05, 3.63) is 17.7 Å². The third-order valence-electron chi connectivity index (χ3n) is 2.98. The molecule has 0 amide bonds.